The van der Waals surface area contributed by atoms with Crippen molar-refractivity contribution in [1.29, 1.82) is 0 Å². The Labute approximate surface area is 140 Å². The molecule has 0 saturated heterocycles. The van der Waals surface area contributed by atoms with Crippen LogP contribution in [-0.4, -0.2) is 23.1 Å². The van der Waals surface area contributed by atoms with E-state index in [1.54, 1.807) is 29.7 Å². The van der Waals surface area contributed by atoms with Gasteiger partial charge in [-0.3, -0.25) is 4.79 Å². The highest BCUT2D eigenvalue weighted by Crippen LogP contribution is 2.27. The van der Waals surface area contributed by atoms with Crippen LogP contribution in [0.4, 0.5) is 5.82 Å². The smallest absolute Gasteiger partial charge is 0.352 e. The van der Waals surface area contributed by atoms with Gasteiger partial charge in [-0.15, -0.1) is 17.9 Å². The average Bonchev–Trinajstić information content (AvgIpc) is 3.11. The highest BCUT2D eigenvalue weighted by molar-refractivity contribution is 7.73. The Morgan fingerprint density at radius 3 is 2.91 bits per heavy atom. The Kier molecular flexibility index (Phi) is 5.64. The van der Waals surface area contributed by atoms with Gasteiger partial charge in [-0.25, -0.2) is 4.79 Å². The van der Waals surface area contributed by atoms with Crippen molar-refractivity contribution in [2.24, 2.45) is 0 Å². The summed E-state index contributed by atoms with van der Waals surface area (Å²) in [5, 5.41) is 4.57. The molecule has 0 unspecified atom stereocenters. The van der Waals surface area contributed by atoms with Crippen LogP contribution in [0.2, 0.25) is 0 Å². The van der Waals surface area contributed by atoms with Gasteiger partial charge < -0.3 is 14.6 Å². The number of anilines is 1. The van der Waals surface area contributed by atoms with E-state index in [1.807, 2.05) is 5.38 Å². The molecule has 1 N–H and O–H groups in total. The molecule has 0 atom stereocenters. The summed E-state index contributed by atoms with van der Waals surface area (Å²) in [5.41, 5.74) is 0. The van der Waals surface area contributed by atoms with Crippen molar-refractivity contribution < 1.29 is 14.3 Å². The van der Waals surface area contributed by atoms with Gasteiger partial charge in [0.2, 0.25) is 0 Å². The maximum absolute atomic E-state index is 12.3. The first-order valence-corrected chi connectivity index (χ1v) is 8.55. The van der Waals surface area contributed by atoms with Crippen molar-refractivity contribution in [1.82, 2.24) is 4.57 Å². The largest absolute Gasteiger partial charge is 0.462 e. The summed E-state index contributed by atoms with van der Waals surface area (Å²) < 4.78 is 7.16. The van der Waals surface area contributed by atoms with Crippen molar-refractivity contribution in [3.05, 3.63) is 43.9 Å². The molecule has 2 aromatic rings. The van der Waals surface area contributed by atoms with E-state index in [9.17, 15) is 9.59 Å². The van der Waals surface area contributed by atoms with Crippen LogP contribution in [0.15, 0.2) is 30.2 Å². The van der Waals surface area contributed by atoms with E-state index in [0.717, 1.165) is 11.3 Å². The van der Waals surface area contributed by atoms with Gasteiger partial charge in [-0.2, -0.15) is 0 Å². The third-order valence-electron chi connectivity index (χ3n) is 2.64. The lowest BCUT2D eigenvalue weighted by atomic mass is 10.4. The summed E-state index contributed by atoms with van der Waals surface area (Å²) in [5.74, 6) is -0.430. The number of ether oxygens (including phenoxy) is 1. The Morgan fingerprint density at radius 1 is 1.55 bits per heavy atom. The van der Waals surface area contributed by atoms with E-state index in [2.05, 4.69) is 11.9 Å². The lowest BCUT2D eigenvalue weighted by Gasteiger charge is -2.09. The van der Waals surface area contributed by atoms with Gasteiger partial charge in [0.05, 0.1) is 11.5 Å². The Balaban J connectivity index is 2.41. The molecule has 2 rings (SSSR count). The first-order valence-electron chi connectivity index (χ1n) is 6.45. The van der Waals surface area contributed by atoms with Crippen molar-refractivity contribution in [3.63, 3.8) is 0 Å². The highest BCUT2D eigenvalue weighted by atomic mass is 32.1. The third-order valence-corrected chi connectivity index (χ3v) is 4.94. The van der Waals surface area contributed by atoms with Gasteiger partial charge in [0.15, 0.2) is 8.83 Å². The number of hydrogen-bond acceptors (Lipinski definition) is 6. The standard InChI is InChI=1S/C14H14N2O3S3/c1-3-7-16-11(15-12(17)9-6-5-8-21-9)10(22-14(16)20)13(18)19-4-2/h3,5-6,8H,1,4,7H2,2H3,(H,15,17). The van der Waals surface area contributed by atoms with E-state index in [-0.39, 0.29) is 12.5 Å². The normalized spacial score (nSPS) is 10.2. The maximum Gasteiger partial charge on any atom is 0.352 e. The second kappa shape index (κ2) is 7.48. The first kappa shape index (κ1) is 16.6. The van der Waals surface area contributed by atoms with Gasteiger partial charge in [-0.05, 0) is 30.6 Å². The van der Waals surface area contributed by atoms with Crippen molar-refractivity contribution in [2.75, 3.05) is 11.9 Å². The Hall–Kier alpha value is -1.77. The third kappa shape index (κ3) is 3.52. The van der Waals surface area contributed by atoms with Crippen LogP contribution < -0.4 is 5.32 Å². The minimum Gasteiger partial charge on any atom is -0.462 e. The SMILES string of the molecule is C=CCn1c(NC(=O)c2cccs2)c(C(=O)OCC)sc1=S. The van der Waals surface area contributed by atoms with Crippen molar-refractivity contribution in [2.45, 2.75) is 13.5 Å². The van der Waals surface area contributed by atoms with Gasteiger partial charge in [0, 0.05) is 6.54 Å². The average molecular weight is 354 g/mol. The van der Waals surface area contributed by atoms with Crippen LogP contribution in [0, 0.1) is 3.95 Å². The molecule has 0 radical (unpaired) electrons. The number of esters is 1. The number of thiophene rings is 1. The number of rotatable bonds is 6. The Bertz CT molecular complexity index is 744. The number of thiazole rings is 1. The fraction of sp³-hybridized carbons (Fsp3) is 0.214. The molecular formula is C14H14N2O3S3. The zero-order valence-electron chi connectivity index (χ0n) is 11.8. The molecule has 0 spiro atoms. The summed E-state index contributed by atoms with van der Waals surface area (Å²) in [6.45, 7) is 6.04. The second-order valence-electron chi connectivity index (χ2n) is 4.10. The van der Waals surface area contributed by atoms with Crippen molar-refractivity contribution >= 4 is 52.6 Å². The second-order valence-corrected chi connectivity index (χ2v) is 6.69. The molecule has 2 heterocycles. The zero-order chi connectivity index (χ0) is 16.1. The number of hydrogen-bond donors (Lipinski definition) is 1. The van der Waals surface area contributed by atoms with Crippen LogP contribution in [0.1, 0.15) is 26.3 Å². The monoisotopic (exact) mass is 354 g/mol. The molecule has 0 aliphatic heterocycles. The first-order chi connectivity index (χ1) is 10.6. The number of nitrogens with one attached hydrogen (secondary N) is 1. The van der Waals surface area contributed by atoms with Gasteiger partial charge in [0.25, 0.3) is 5.91 Å². The molecule has 0 fully saturated rings. The number of carbonyl (C=O) groups is 2. The topological polar surface area (TPSA) is 60.3 Å². The van der Waals surface area contributed by atoms with E-state index in [4.69, 9.17) is 17.0 Å². The fourth-order valence-corrected chi connectivity index (χ4v) is 3.62. The van der Waals surface area contributed by atoms with E-state index < -0.39 is 5.97 Å². The number of nitrogens with zero attached hydrogens (tertiary/aromatic N) is 1. The molecule has 0 saturated carbocycles. The molecule has 116 valence electrons. The van der Waals surface area contributed by atoms with E-state index in [0.29, 0.717) is 26.1 Å². The lowest BCUT2D eigenvalue weighted by molar-refractivity contribution is 0.0533. The lowest BCUT2D eigenvalue weighted by Crippen LogP contribution is -2.17. The molecule has 0 aromatic carbocycles. The molecule has 0 aliphatic rings. The molecule has 5 nitrogen and oxygen atoms in total. The molecule has 2 aromatic heterocycles. The molecule has 0 aliphatic carbocycles. The predicted octanol–water partition coefficient (Wildman–Crippen LogP) is 3.96. The van der Waals surface area contributed by atoms with Crippen LogP contribution in [0.3, 0.4) is 0 Å². The molecular weight excluding hydrogens is 340 g/mol. The molecule has 1 amide bonds. The fourth-order valence-electron chi connectivity index (χ4n) is 1.74. The van der Waals surface area contributed by atoms with Gasteiger partial charge in [0.1, 0.15) is 5.82 Å². The van der Waals surface area contributed by atoms with Crippen molar-refractivity contribution in [3.8, 4) is 0 Å². The summed E-state index contributed by atoms with van der Waals surface area (Å²) in [7, 11) is 0. The Morgan fingerprint density at radius 2 is 2.32 bits per heavy atom. The molecule has 22 heavy (non-hydrogen) atoms. The minimum absolute atomic E-state index is 0.253. The van der Waals surface area contributed by atoms with E-state index >= 15 is 0 Å². The van der Waals surface area contributed by atoms with E-state index in [1.165, 1.54) is 11.3 Å². The minimum atomic E-state index is -0.497. The number of carbonyl (C=O) groups excluding carboxylic acids is 2. The number of allylic oxidation sites excluding steroid dienone is 1. The van der Waals surface area contributed by atoms with Gasteiger partial charge >= 0.3 is 5.97 Å². The highest BCUT2D eigenvalue weighted by Gasteiger charge is 2.22. The number of amides is 1. The van der Waals surface area contributed by atoms with Crippen LogP contribution in [0.5, 0.6) is 0 Å². The summed E-state index contributed by atoms with van der Waals surface area (Å²) in [4.78, 5) is 25.2. The number of aromatic nitrogens is 1. The van der Waals surface area contributed by atoms with Crippen LogP contribution in [-0.2, 0) is 11.3 Å². The van der Waals surface area contributed by atoms with Gasteiger partial charge in [-0.1, -0.05) is 23.5 Å². The predicted molar refractivity (Wildman–Crippen MR) is 91.6 cm³/mol. The summed E-state index contributed by atoms with van der Waals surface area (Å²) in [6.07, 6.45) is 1.65. The molecule has 8 heteroatoms. The van der Waals surface area contributed by atoms with Crippen LogP contribution >= 0.6 is 34.9 Å². The van der Waals surface area contributed by atoms with Crippen LogP contribution in [0.25, 0.3) is 0 Å². The molecule has 0 bridgehead atoms. The zero-order valence-corrected chi connectivity index (χ0v) is 14.3. The summed E-state index contributed by atoms with van der Waals surface area (Å²) in [6, 6.07) is 3.50. The quantitative estimate of drug-likeness (QED) is 0.485. The summed E-state index contributed by atoms with van der Waals surface area (Å²) >= 11 is 7.69. The maximum atomic E-state index is 12.3.